The van der Waals surface area contributed by atoms with Gasteiger partial charge in [0.2, 0.25) is 6.29 Å². The summed E-state index contributed by atoms with van der Waals surface area (Å²) in [5.41, 5.74) is 1.09. The van der Waals surface area contributed by atoms with Crippen LogP contribution in [0.5, 0.6) is 5.75 Å². The van der Waals surface area contributed by atoms with Crippen molar-refractivity contribution < 1.29 is 14.0 Å². The molecule has 1 N–H and O–H groups in total. The second-order valence-electron chi connectivity index (χ2n) is 5.11. The van der Waals surface area contributed by atoms with Crippen LogP contribution in [0.15, 0.2) is 48.5 Å². The second kappa shape index (κ2) is 6.77. The Balaban J connectivity index is 1.89. The first-order chi connectivity index (χ1) is 10.8. The molecular formula is C17H19FN2O2. The highest BCUT2D eigenvalue weighted by atomic mass is 19.1. The lowest BCUT2D eigenvalue weighted by molar-refractivity contribution is -0.100. The van der Waals surface area contributed by atoms with Crippen LogP contribution in [0.1, 0.15) is 12.8 Å². The van der Waals surface area contributed by atoms with Gasteiger partial charge in [-0.15, -0.1) is 0 Å². The Hall–Kier alpha value is -2.11. The van der Waals surface area contributed by atoms with Crippen molar-refractivity contribution in [1.29, 1.82) is 0 Å². The van der Waals surface area contributed by atoms with E-state index in [1.807, 2.05) is 31.3 Å². The lowest BCUT2D eigenvalue weighted by Gasteiger charge is -2.35. The predicted molar refractivity (Wildman–Crippen MR) is 83.6 cm³/mol. The molecule has 22 heavy (non-hydrogen) atoms. The van der Waals surface area contributed by atoms with Crippen molar-refractivity contribution in [1.82, 2.24) is 5.32 Å². The van der Waals surface area contributed by atoms with Crippen LogP contribution in [0, 0.1) is 5.82 Å². The molecule has 0 aromatic heterocycles. The summed E-state index contributed by atoms with van der Waals surface area (Å²) < 4.78 is 20.0. The fourth-order valence-corrected chi connectivity index (χ4v) is 2.42. The molecule has 3 rings (SSSR count). The van der Waals surface area contributed by atoms with E-state index in [9.17, 15) is 4.39 Å². The minimum Gasteiger partial charge on any atom is -0.460 e. The SMILES string of the molecule is CNCCCC1Oc2ccccc2N(c2ccccc2F)O1. The number of anilines is 2. The van der Waals surface area contributed by atoms with Crippen molar-refractivity contribution in [2.75, 3.05) is 18.7 Å². The number of nitrogens with one attached hydrogen (secondary N) is 1. The number of benzene rings is 2. The van der Waals surface area contributed by atoms with E-state index in [0.717, 1.165) is 19.4 Å². The zero-order valence-corrected chi connectivity index (χ0v) is 12.5. The predicted octanol–water partition coefficient (Wildman–Crippen LogP) is 3.61. The van der Waals surface area contributed by atoms with Crippen molar-refractivity contribution in [3.05, 3.63) is 54.3 Å². The zero-order chi connectivity index (χ0) is 15.4. The van der Waals surface area contributed by atoms with E-state index in [2.05, 4.69) is 5.32 Å². The molecule has 1 aliphatic heterocycles. The Kier molecular flexibility index (Phi) is 4.56. The standard InChI is InChI=1S/C17H19FN2O2/c1-19-12-6-11-17-21-16-10-5-4-9-15(16)20(22-17)14-8-3-2-7-13(14)18/h2-5,7-10,17,19H,6,11-12H2,1H3. The molecule has 1 atom stereocenters. The highest BCUT2D eigenvalue weighted by molar-refractivity contribution is 5.68. The molecule has 1 aliphatic rings. The molecule has 1 heterocycles. The number of halogens is 1. The number of para-hydroxylation sites is 3. The minimum absolute atomic E-state index is 0.326. The van der Waals surface area contributed by atoms with Gasteiger partial charge in [-0.05, 0) is 44.3 Å². The lowest BCUT2D eigenvalue weighted by atomic mass is 10.2. The van der Waals surface area contributed by atoms with Gasteiger partial charge in [-0.2, -0.15) is 0 Å². The molecule has 0 fully saturated rings. The highest BCUT2D eigenvalue weighted by Gasteiger charge is 2.28. The van der Waals surface area contributed by atoms with Gasteiger partial charge in [0, 0.05) is 6.42 Å². The zero-order valence-electron chi connectivity index (χ0n) is 12.5. The number of rotatable bonds is 5. The van der Waals surface area contributed by atoms with Gasteiger partial charge < -0.3 is 10.1 Å². The van der Waals surface area contributed by atoms with Crippen molar-refractivity contribution in [3.8, 4) is 5.75 Å². The maximum Gasteiger partial charge on any atom is 0.224 e. The van der Waals surface area contributed by atoms with Gasteiger partial charge in [-0.25, -0.2) is 14.3 Å². The number of hydrogen-bond acceptors (Lipinski definition) is 4. The molecule has 5 heteroatoms. The first kappa shape index (κ1) is 14.8. The molecule has 0 saturated heterocycles. The number of ether oxygens (including phenoxy) is 1. The smallest absolute Gasteiger partial charge is 0.224 e. The van der Waals surface area contributed by atoms with Crippen molar-refractivity contribution in [2.24, 2.45) is 0 Å². The lowest BCUT2D eigenvalue weighted by Crippen LogP contribution is -2.35. The van der Waals surface area contributed by atoms with Crippen molar-refractivity contribution in [2.45, 2.75) is 19.1 Å². The third-order valence-electron chi connectivity index (χ3n) is 3.50. The van der Waals surface area contributed by atoms with Crippen molar-refractivity contribution >= 4 is 11.4 Å². The van der Waals surface area contributed by atoms with Crippen LogP contribution in [-0.4, -0.2) is 19.9 Å². The summed E-state index contributed by atoms with van der Waals surface area (Å²) >= 11 is 0. The Bertz CT molecular complexity index is 636. The third-order valence-corrected chi connectivity index (χ3v) is 3.50. The first-order valence-corrected chi connectivity index (χ1v) is 7.41. The quantitative estimate of drug-likeness (QED) is 0.855. The van der Waals surface area contributed by atoms with Crippen LogP contribution < -0.4 is 15.1 Å². The van der Waals surface area contributed by atoms with E-state index in [4.69, 9.17) is 9.57 Å². The van der Waals surface area contributed by atoms with E-state index >= 15 is 0 Å². The minimum atomic E-state index is -0.428. The maximum atomic E-state index is 14.1. The molecule has 2 aromatic rings. The monoisotopic (exact) mass is 302 g/mol. The summed E-state index contributed by atoms with van der Waals surface area (Å²) in [5, 5.41) is 4.62. The molecule has 0 radical (unpaired) electrons. The van der Waals surface area contributed by atoms with E-state index in [1.165, 1.54) is 11.1 Å². The Morgan fingerprint density at radius 1 is 1.09 bits per heavy atom. The molecule has 0 aliphatic carbocycles. The Morgan fingerprint density at radius 2 is 1.82 bits per heavy atom. The van der Waals surface area contributed by atoms with Gasteiger partial charge in [0.1, 0.15) is 22.9 Å². The highest BCUT2D eigenvalue weighted by Crippen LogP contribution is 2.40. The van der Waals surface area contributed by atoms with Crippen molar-refractivity contribution in [3.63, 3.8) is 0 Å². The normalized spacial score (nSPS) is 17.0. The van der Waals surface area contributed by atoms with Gasteiger partial charge in [0.15, 0.2) is 0 Å². The van der Waals surface area contributed by atoms with Crippen LogP contribution in [0.4, 0.5) is 15.8 Å². The summed E-state index contributed by atoms with van der Waals surface area (Å²) in [6.45, 7) is 0.880. The fourth-order valence-electron chi connectivity index (χ4n) is 2.42. The second-order valence-corrected chi connectivity index (χ2v) is 5.11. The van der Waals surface area contributed by atoms with Gasteiger partial charge in [0.05, 0.1) is 0 Å². The van der Waals surface area contributed by atoms with Crippen LogP contribution in [0.3, 0.4) is 0 Å². The Morgan fingerprint density at radius 3 is 2.59 bits per heavy atom. The van der Waals surface area contributed by atoms with E-state index < -0.39 is 6.29 Å². The third kappa shape index (κ3) is 3.05. The topological polar surface area (TPSA) is 33.7 Å². The van der Waals surface area contributed by atoms with Gasteiger partial charge >= 0.3 is 0 Å². The molecule has 2 aromatic carbocycles. The molecule has 1 unspecified atom stereocenters. The summed E-state index contributed by atoms with van der Waals surface area (Å²) in [5.74, 6) is 0.375. The van der Waals surface area contributed by atoms with E-state index in [-0.39, 0.29) is 5.82 Å². The molecule has 4 nitrogen and oxygen atoms in total. The van der Waals surface area contributed by atoms with Gasteiger partial charge in [0.25, 0.3) is 0 Å². The number of hydrogen-bond donors (Lipinski definition) is 1. The van der Waals surface area contributed by atoms with Crippen LogP contribution in [0.2, 0.25) is 0 Å². The van der Waals surface area contributed by atoms with Crippen LogP contribution >= 0.6 is 0 Å². The molecule has 0 bridgehead atoms. The first-order valence-electron chi connectivity index (χ1n) is 7.41. The molecule has 0 saturated carbocycles. The average molecular weight is 302 g/mol. The summed E-state index contributed by atoms with van der Waals surface area (Å²) in [7, 11) is 1.91. The Labute approximate surface area is 129 Å². The van der Waals surface area contributed by atoms with Crippen LogP contribution in [0.25, 0.3) is 0 Å². The molecule has 0 amide bonds. The summed E-state index contributed by atoms with van der Waals surface area (Å²) in [6, 6.07) is 14.1. The van der Waals surface area contributed by atoms with E-state index in [1.54, 1.807) is 18.2 Å². The largest absolute Gasteiger partial charge is 0.460 e. The maximum absolute atomic E-state index is 14.1. The summed E-state index contributed by atoms with van der Waals surface area (Å²) in [6.07, 6.45) is 1.21. The van der Waals surface area contributed by atoms with Gasteiger partial charge in [-0.1, -0.05) is 24.3 Å². The molecular weight excluding hydrogens is 283 g/mol. The fraction of sp³-hybridized carbons (Fsp3) is 0.294. The molecule has 116 valence electrons. The van der Waals surface area contributed by atoms with E-state index in [0.29, 0.717) is 17.1 Å². The molecule has 0 spiro atoms. The van der Waals surface area contributed by atoms with Crippen LogP contribution in [-0.2, 0) is 4.84 Å². The van der Waals surface area contributed by atoms with Gasteiger partial charge in [-0.3, -0.25) is 0 Å². The summed E-state index contributed by atoms with van der Waals surface area (Å²) in [4.78, 5) is 5.87. The number of nitrogens with zero attached hydrogens (tertiary/aromatic N) is 1. The average Bonchev–Trinajstić information content (AvgIpc) is 2.55. The number of fused-ring (bicyclic) bond motifs is 1.